The SMILES string of the molecule is Cc1csc(N(C(=O)Cn2c(=O)cnc3ccccc32)C2CC2)n1. The highest BCUT2D eigenvalue weighted by Gasteiger charge is 2.35. The minimum absolute atomic E-state index is 0.00298. The summed E-state index contributed by atoms with van der Waals surface area (Å²) in [6.07, 6.45) is 3.23. The van der Waals surface area contributed by atoms with Gasteiger partial charge in [0.05, 0.1) is 22.9 Å². The molecule has 3 aromatic rings. The van der Waals surface area contributed by atoms with E-state index in [4.69, 9.17) is 0 Å². The van der Waals surface area contributed by atoms with Crippen LogP contribution in [-0.2, 0) is 11.3 Å². The van der Waals surface area contributed by atoms with Gasteiger partial charge in [0.1, 0.15) is 6.54 Å². The maximum Gasteiger partial charge on any atom is 0.269 e. The van der Waals surface area contributed by atoms with E-state index < -0.39 is 0 Å². The van der Waals surface area contributed by atoms with Gasteiger partial charge in [-0.3, -0.25) is 19.1 Å². The lowest BCUT2D eigenvalue weighted by Gasteiger charge is -2.20. The van der Waals surface area contributed by atoms with Crippen LogP contribution >= 0.6 is 11.3 Å². The first-order chi connectivity index (χ1) is 11.6. The molecule has 1 saturated carbocycles. The highest BCUT2D eigenvalue weighted by Crippen LogP contribution is 2.33. The van der Waals surface area contributed by atoms with E-state index in [1.54, 1.807) is 4.90 Å². The Morgan fingerprint density at radius 3 is 2.88 bits per heavy atom. The molecule has 122 valence electrons. The molecule has 1 fully saturated rings. The number of amides is 1. The predicted molar refractivity (Wildman–Crippen MR) is 93.4 cm³/mol. The van der Waals surface area contributed by atoms with E-state index in [0.717, 1.165) is 18.5 Å². The van der Waals surface area contributed by atoms with Crippen molar-refractivity contribution in [3.63, 3.8) is 0 Å². The van der Waals surface area contributed by atoms with Crippen molar-refractivity contribution in [3.8, 4) is 0 Å². The van der Waals surface area contributed by atoms with Crippen LogP contribution in [0, 0.1) is 6.92 Å². The molecule has 24 heavy (non-hydrogen) atoms. The zero-order chi connectivity index (χ0) is 16.7. The number of carbonyl (C=O) groups is 1. The van der Waals surface area contributed by atoms with Gasteiger partial charge in [0.15, 0.2) is 5.13 Å². The molecule has 0 radical (unpaired) electrons. The van der Waals surface area contributed by atoms with Gasteiger partial charge < -0.3 is 0 Å². The standard InChI is InChI=1S/C17H16N4O2S/c1-11-10-24-17(19-11)21(12-6-7-12)16(23)9-20-14-5-3-2-4-13(14)18-8-15(20)22/h2-5,8,10,12H,6-7,9H2,1H3. The molecule has 6 nitrogen and oxygen atoms in total. The number of aryl methyl sites for hydroxylation is 1. The lowest BCUT2D eigenvalue weighted by molar-refractivity contribution is -0.119. The Morgan fingerprint density at radius 2 is 2.17 bits per heavy atom. The summed E-state index contributed by atoms with van der Waals surface area (Å²) >= 11 is 1.47. The number of hydrogen-bond donors (Lipinski definition) is 0. The predicted octanol–water partition coefficient (Wildman–Crippen LogP) is 2.36. The van der Waals surface area contributed by atoms with Gasteiger partial charge in [0, 0.05) is 11.4 Å². The van der Waals surface area contributed by atoms with Crippen LogP contribution in [0.1, 0.15) is 18.5 Å². The molecule has 0 atom stereocenters. The third kappa shape index (κ3) is 2.71. The Bertz CT molecular complexity index is 974. The van der Waals surface area contributed by atoms with Crippen molar-refractivity contribution in [1.29, 1.82) is 0 Å². The molecule has 7 heteroatoms. The molecule has 0 spiro atoms. The van der Waals surface area contributed by atoms with Crippen LogP contribution in [0.5, 0.6) is 0 Å². The van der Waals surface area contributed by atoms with Crippen molar-refractivity contribution in [2.24, 2.45) is 0 Å². The van der Waals surface area contributed by atoms with Gasteiger partial charge in [-0.2, -0.15) is 0 Å². The van der Waals surface area contributed by atoms with Crippen LogP contribution < -0.4 is 10.5 Å². The van der Waals surface area contributed by atoms with Crippen molar-refractivity contribution in [1.82, 2.24) is 14.5 Å². The van der Waals surface area contributed by atoms with E-state index >= 15 is 0 Å². The van der Waals surface area contributed by atoms with Gasteiger partial charge in [0.2, 0.25) is 5.91 Å². The molecular weight excluding hydrogens is 324 g/mol. The van der Waals surface area contributed by atoms with Crippen molar-refractivity contribution >= 4 is 33.4 Å². The fourth-order valence-corrected chi connectivity index (χ4v) is 3.63. The van der Waals surface area contributed by atoms with Gasteiger partial charge in [0.25, 0.3) is 5.56 Å². The number of hydrogen-bond acceptors (Lipinski definition) is 5. The molecule has 2 heterocycles. The third-order valence-corrected chi connectivity index (χ3v) is 5.00. The summed E-state index contributed by atoms with van der Waals surface area (Å²) in [6, 6.07) is 7.55. The molecule has 0 aliphatic heterocycles. The summed E-state index contributed by atoms with van der Waals surface area (Å²) in [5.41, 5.74) is 2.01. The van der Waals surface area contributed by atoms with Crippen LogP contribution in [-0.4, -0.2) is 26.5 Å². The normalized spacial score (nSPS) is 14.0. The van der Waals surface area contributed by atoms with Crippen LogP contribution in [0.3, 0.4) is 0 Å². The molecule has 0 saturated heterocycles. The average molecular weight is 340 g/mol. The molecule has 4 rings (SSSR count). The fourth-order valence-electron chi connectivity index (χ4n) is 2.74. The highest BCUT2D eigenvalue weighted by atomic mass is 32.1. The molecular formula is C17H16N4O2S. The van der Waals surface area contributed by atoms with Crippen molar-refractivity contribution in [3.05, 3.63) is 51.9 Å². The fraction of sp³-hybridized carbons (Fsp3) is 0.294. The number of aromatic nitrogens is 3. The van der Waals surface area contributed by atoms with Crippen LogP contribution in [0.15, 0.2) is 40.6 Å². The van der Waals surface area contributed by atoms with Gasteiger partial charge in [-0.25, -0.2) is 9.97 Å². The maximum absolute atomic E-state index is 12.9. The van der Waals surface area contributed by atoms with Gasteiger partial charge in [-0.1, -0.05) is 12.1 Å². The topological polar surface area (TPSA) is 68.1 Å². The van der Waals surface area contributed by atoms with Crippen LogP contribution in [0.25, 0.3) is 11.0 Å². The third-order valence-electron chi connectivity index (χ3n) is 4.04. The molecule has 1 aliphatic carbocycles. The van der Waals surface area contributed by atoms with E-state index in [-0.39, 0.29) is 24.1 Å². The van der Waals surface area contributed by atoms with Gasteiger partial charge >= 0.3 is 0 Å². The second kappa shape index (κ2) is 5.83. The molecule has 1 aromatic carbocycles. The zero-order valence-electron chi connectivity index (χ0n) is 13.2. The number of anilines is 1. The number of para-hydroxylation sites is 2. The van der Waals surface area contributed by atoms with E-state index in [0.29, 0.717) is 16.2 Å². The molecule has 1 amide bonds. The Hall–Kier alpha value is -2.54. The lowest BCUT2D eigenvalue weighted by Crippen LogP contribution is -2.38. The van der Waals surface area contributed by atoms with Crippen LogP contribution in [0.4, 0.5) is 5.13 Å². The smallest absolute Gasteiger partial charge is 0.269 e. The first kappa shape index (κ1) is 15.0. The number of carbonyl (C=O) groups excluding carboxylic acids is 1. The molecule has 0 bridgehead atoms. The molecule has 0 N–H and O–H groups in total. The van der Waals surface area contributed by atoms with E-state index in [2.05, 4.69) is 9.97 Å². The van der Waals surface area contributed by atoms with Crippen molar-refractivity contribution in [2.45, 2.75) is 32.4 Å². The maximum atomic E-state index is 12.9. The summed E-state index contributed by atoms with van der Waals surface area (Å²) in [6.45, 7) is 1.91. The second-order valence-electron chi connectivity index (χ2n) is 5.94. The van der Waals surface area contributed by atoms with E-state index in [9.17, 15) is 9.59 Å². The lowest BCUT2D eigenvalue weighted by atomic mass is 10.3. The Kier molecular flexibility index (Phi) is 3.65. The minimum atomic E-state index is -0.270. The minimum Gasteiger partial charge on any atom is -0.296 e. The first-order valence-electron chi connectivity index (χ1n) is 7.82. The zero-order valence-corrected chi connectivity index (χ0v) is 14.0. The summed E-state index contributed by atoms with van der Waals surface area (Å²) in [5.74, 6) is -0.106. The number of fused-ring (bicyclic) bond motifs is 1. The highest BCUT2D eigenvalue weighted by molar-refractivity contribution is 7.14. The van der Waals surface area contributed by atoms with Gasteiger partial charge in [-0.05, 0) is 31.9 Å². The quantitative estimate of drug-likeness (QED) is 0.731. The van der Waals surface area contributed by atoms with Gasteiger partial charge in [-0.15, -0.1) is 11.3 Å². The first-order valence-corrected chi connectivity index (χ1v) is 8.70. The average Bonchev–Trinajstić information content (AvgIpc) is 3.31. The van der Waals surface area contributed by atoms with Crippen molar-refractivity contribution in [2.75, 3.05) is 4.90 Å². The Balaban J connectivity index is 1.71. The molecule has 1 aliphatic rings. The summed E-state index contributed by atoms with van der Waals surface area (Å²) in [7, 11) is 0. The Labute approximate surface area is 142 Å². The number of benzene rings is 1. The second-order valence-corrected chi connectivity index (χ2v) is 6.77. The summed E-state index contributed by atoms with van der Waals surface area (Å²) < 4.78 is 1.49. The van der Waals surface area contributed by atoms with Crippen LogP contribution in [0.2, 0.25) is 0 Å². The van der Waals surface area contributed by atoms with E-state index in [1.807, 2.05) is 36.6 Å². The molecule has 2 aromatic heterocycles. The summed E-state index contributed by atoms with van der Waals surface area (Å²) in [5, 5.41) is 2.65. The monoisotopic (exact) mass is 340 g/mol. The number of thiazole rings is 1. The largest absolute Gasteiger partial charge is 0.296 e. The Morgan fingerprint density at radius 1 is 1.38 bits per heavy atom. The van der Waals surface area contributed by atoms with Crippen molar-refractivity contribution < 1.29 is 4.79 Å². The number of rotatable bonds is 4. The van der Waals surface area contributed by atoms with E-state index in [1.165, 1.54) is 22.1 Å². The number of nitrogens with zero attached hydrogens (tertiary/aromatic N) is 4. The molecule has 0 unspecified atom stereocenters. The summed E-state index contributed by atoms with van der Waals surface area (Å²) in [4.78, 5) is 35.5.